The first-order chi connectivity index (χ1) is 18.7. The van der Waals surface area contributed by atoms with Gasteiger partial charge in [0.05, 0.1) is 12.0 Å². The maximum atomic E-state index is 15.6. The van der Waals surface area contributed by atoms with Gasteiger partial charge in [0.25, 0.3) is 5.91 Å². The van der Waals surface area contributed by atoms with Crippen LogP contribution in [0.2, 0.25) is 0 Å². The minimum atomic E-state index is -0.443. The predicted octanol–water partition coefficient (Wildman–Crippen LogP) is 7.93. The van der Waals surface area contributed by atoms with Crippen molar-refractivity contribution in [2.24, 2.45) is 4.99 Å². The van der Waals surface area contributed by atoms with E-state index in [0.717, 1.165) is 44.3 Å². The number of rotatable bonds is 7. The highest BCUT2D eigenvalue weighted by molar-refractivity contribution is 6.43. The van der Waals surface area contributed by atoms with Crippen LogP contribution in [0, 0.1) is 5.82 Å². The molecule has 1 unspecified atom stereocenters. The zero-order chi connectivity index (χ0) is 28.7. The molecule has 6 nitrogen and oxygen atoms in total. The fourth-order valence-corrected chi connectivity index (χ4v) is 4.88. The second-order valence-corrected chi connectivity index (χ2v) is 9.58. The smallest absolute Gasteiger partial charge is 0.272 e. The minimum Gasteiger partial charge on any atom is -0.491 e. The number of nitrogens with zero attached hydrogens (tertiary/aromatic N) is 3. The van der Waals surface area contributed by atoms with Gasteiger partial charge in [0.15, 0.2) is 11.5 Å². The normalized spacial score (nSPS) is 18.6. The molecule has 0 radical (unpaired) electrons. The summed E-state index contributed by atoms with van der Waals surface area (Å²) in [5.74, 6) is 0.790. The van der Waals surface area contributed by atoms with Crippen molar-refractivity contribution in [1.82, 2.24) is 9.80 Å². The number of aliphatic imine (C=N–C) groups is 1. The van der Waals surface area contributed by atoms with E-state index < -0.39 is 5.82 Å². The molecule has 0 spiro atoms. The fourth-order valence-electron chi connectivity index (χ4n) is 4.88. The molecule has 39 heavy (non-hydrogen) atoms. The molecule has 0 aliphatic carbocycles. The van der Waals surface area contributed by atoms with Gasteiger partial charge in [0.2, 0.25) is 0 Å². The van der Waals surface area contributed by atoms with E-state index in [4.69, 9.17) is 14.1 Å². The number of carbonyl (C=O) groups excluding carboxylic acids is 1. The lowest BCUT2D eigenvalue weighted by Crippen LogP contribution is -2.43. The molecular weight excluding hydrogens is 493 g/mol. The monoisotopic (exact) mass is 535 g/mol. The van der Waals surface area contributed by atoms with Crippen molar-refractivity contribution in [3.05, 3.63) is 72.2 Å². The molecule has 0 bridgehead atoms. The Balaban J connectivity index is 0.00000205. The Labute approximate surface area is 232 Å². The van der Waals surface area contributed by atoms with Gasteiger partial charge >= 0.3 is 0 Å². The fraction of sp³-hybridized carbons (Fsp3) is 0.438. The number of furan rings is 1. The molecular formula is C32H42FN3O3. The highest BCUT2D eigenvalue weighted by Crippen LogP contribution is 2.32. The standard InChI is InChI=1S/C30H36FN3O3.C2H6/c1-7-22-17-25(30(35)34-15-11-9-10-12-20(34)4)32-28(33(22)6)16-19(3)23-13-14-26-24(29(23)31)18-27(37-26)21(5)36-8-2;1-2/h13-14,16-18,20H,3,5,7-12,15H2,1-2,4,6H3;1-2H3/b28-16-;. The zero-order valence-corrected chi connectivity index (χ0v) is 24.3. The minimum absolute atomic E-state index is 0.0574. The van der Waals surface area contributed by atoms with Crippen LogP contribution in [0.5, 0.6) is 0 Å². The summed E-state index contributed by atoms with van der Waals surface area (Å²) in [4.78, 5) is 22.1. The first kappa shape index (κ1) is 29.9. The van der Waals surface area contributed by atoms with Crippen LogP contribution in [0.15, 0.2) is 64.4 Å². The van der Waals surface area contributed by atoms with Crippen molar-refractivity contribution in [2.45, 2.75) is 72.8 Å². The van der Waals surface area contributed by atoms with Gasteiger partial charge in [-0.1, -0.05) is 46.8 Å². The number of hydrogen-bond donors (Lipinski definition) is 0. The first-order valence-electron chi connectivity index (χ1n) is 14.0. The average molecular weight is 536 g/mol. The summed E-state index contributed by atoms with van der Waals surface area (Å²) in [6, 6.07) is 5.12. The molecule has 0 N–H and O–H groups in total. The van der Waals surface area contributed by atoms with Crippen molar-refractivity contribution in [2.75, 3.05) is 20.2 Å². The third kappa shape index (κ3) is 6.52. The van der Waals surface area contributed by atoms with Crippen LogP contribution < -0.4 is 0 Å². The molecule has 0 saturated carbocycles. The first-order valence-corrected chi connectivity index (χ1v) is 14.0. The number of likely N-dealkylation sites (tertiary alicyclic amines) is 1. The number of hydrogen-bond acceptors (Lipinski definition) is 5. The van der Waals surface area contributed by atoms with E-state index in [1.54, 1.807) is 24.3 Å². The maximum Gasteiger partial charge on any atom is 0.272 e. The van der Waals surface area contributed by atoms with Crippen LogP contribution in [0.3, 0.4) is 0 Å². The maximum absolute atomic E-state index is 15.6. The van der Waals surface area contributed by atoms with E-state index in [-0.39, 0.29) is 11.9 Å². The molecule has 1 aromatic carbocycles. The van der Waals surface area contributed by atoms with Crippen LogP contribution in [0.25, 0.3) is 22.3 Å². The highest BCUT2D eigenvalue weighted by Gasteiger charge is 2.28. The Morgan fingerprint density at radius 1 is 1.23 bits per heavy atom. The quantitative estimate of drug-likeness (QED) is 0.338. The Hall–Kier alpha value is -3.61. The SMILES string of the molecule is C=C(OCC)c1cc2c(F)c(C(=C)/C=C3/N=C(C(=O)N4CCCCCC4C)C=C(CC)N3C)ccc2o1.CC. The number of ether oxygens (including phenoxy) is 1. The number of amides is 1. The second-order valence-electron chi connectivity index (χ2n) is 9.58. The van der Waals surface area contributed by atoms with E-state index in [2.05, 4.69) is 20.1 Å². The molecule has 7 heteroatoms. The summed E-state index contributed by atoms with van der Waals surface area (Å²) in [7, 11) is 1.90. The van der Waals surface area contributed by atoms with E-state index in [9.17, 15) is 4.79 Å². The summed E-state index contributed by atoms with van der Waals surface area (Å²) < 4.78 is 26.7. The number of halogens is 1. The Kier molecular flexibility index (Phi) is 10.3. The molecule has 3 heterocycles. The zero-order valence-electron chi connectivity index (χ0n) is 24.3. The molecule has 1 fully saturated rings. The van der Waals surface area contributed by atoms with Gasteiger partial charge in [0.1, 0.15) is 22.9 Å². The topological polar surface area (TPSA) is 58.3 Å². The van der Waals surface area contributed by atoms with E-state index in [1.807, 2.05) is 50.6 Å². The molecule has 210 valence electrons. The molecule has 2 aliphatic heterocycles. The molecule has 4 rings (SSSR count). The Morgan fingerprint density at radius 3 is 2.67 bits per heavy atom. The van der Waals surface area contributed by atoms with Crippen molar-refractivity contribution >= 4 is 33.9 Å². The van der Waals surface area contributed by atoms with Gasteiger partial charge in [0, 0.05) is 30.9 Å². The van der Waals surface area contributed by atoms with Gasteiger partial charge < -0.3 is 19.0 Å². The lowest BCUT2D eigenvalue weighted by atomic mass is 10.0. The summed E-state index contributed by atoms with van der Waals surface area (Å²) in [5.41, 5.74) is 2.56. The summed E-state index contributed by atoms with van der Waals surface area (Å²) in [5, 5.41) is 0.327. The summed E-state index contributed by atoms with van der Waals surface area (Å²) in [6.07, 6.45) is 8.59. The lowest BCUT2D eigenvalue weighted by Gasteiger charge is -2.31. The van der Waals surface area contributed by atoms with Crippen molar-refractivity contribution in [1.29, 1.82) is 0 Å². The molecule has 2 aromatic rings. The van der Waals surface area contributed by atoms with Gasteiger partial charge in [-0.15, -0.1) is 0 Å². The number of fused-ring (bicyclic) bond motifs is 1. The molecule has 1 aromatic heterocycles. The summed E-state index contributed by atoms with van der Waals surface area (Å²) in [6.45, 7) is 19.1. The number of carbonyl (C=O) groups is 1. The third-order valence-electron chi connectivity index (χ3n) is 7.09. The van der Waals surface area contributed by atoms with Gasteiger partial charge in [-0.05, 0) is 69.0 Å². The lowest BCUT2D eigenvalue weighted by molar-refractivity contribution is -0.125. The second kappa shape index (κ2) is 13.5. The third-order valence-corrected chi connectivity index (χ3v) is 7.09. The summed E-state index contributed by atoms with van der Waals surface area (Å²) >= 11 is 0. The van der Waals surface area contributed by atoms with Gasteiger partial charge in [-0.2, -0.15) is 0 Å². The van der Waals surface area contributed by atoms with E-state index in [0.29, 0.717) is 51.8 Å². The average Bonchev–Trinajstić information content (AvgIpc) is 3.27. The molecule has 2 aliphatic rings. The van der Waals surface area contributed by atoms with Crippen LogP contribution in [0.1, 0.15) is 78.0 Å². The van der Waals surface area contributed by atoms with Gasteiger partial charge in [-0.3, -0.25) is 4.79 Å². The van der Waals surface area contributed by atoms with Crippen LogP contribution in [-0.4, -0.2) is 47.7 Å². The molecule has 1 saturated heterocycles. The number of benzene rings is 1. The largest absolute Gasteiger partial charge is 0.491 e. The van der Waals surface area contributed by atoms with Crippen molar-refractivity contribution in [3.8, 4) is 0 Å². The van der Waals surface area contributed by atoms with Crippen LogP contribution in [0.4, 0.5) is 4.39 Å². The van der Waals surface area contributed by atoms with E-state index >= 15 is 4.39 Å². The van der Waals surface area contributed by atoms with Crippen LogP contribution >= 0.6 is 0 Å². The predicted molar refractivity (Wildman–Crippen MR) is 159 cm³/mol. The van der Waals surface area contributed by atoms with Crippen molar-refractivity contribution in [3.63, 3.8) is 0 Å². The Bertz CT molecular complexity index is 1320. The molecule has 1 amide bonds. The Morgan fingerprint density at radius 2 is 1.97 bits per heavy atom. The van der Waals surface area contributed by atoms with Crippen molar-refractivity contribution < 1.29 is 18.3 Å². The molecule has 1 atom stereocenters. The van der Waals surface area contributed by atoms with Gasteiger partial charge in [-0.25, -0.2) is 9.38 Å². The number of allylic oxidation sites excluding steroid dienone is 3. The van der Waals surface area contributed by atoms with E-state index in [1.165, 1.54) is 0 Å². The highest BCUT2D eigenvalue weighted by atomic mass is 19.1. The van der Waals surface area contributed by atoms with Crippen LogP contribution in [-0.2, 0) is 9.53 Å².